The summed E-state index contributed by atoms with van der Waals surface area (Å²) in [6.45, 7) is -1.42. The van der Waals surface area contributed by atoms with Crippen molar-refractivity contribution >= 4 is 37.8 Å². The molecular weight excluding hydrogens is 526 g/mol. The standard InChI is InChI=1S/C19H13F3IN7O/c20-19(21,22)9-27-15-3-1-2-6-29(15)18(31)16(17(23)25)12-4-5-14(13(7-12)8-24)30-11-26-10-28-30/h1-7,10-11,25,31H,9H2. The van der Waals surface area contributed by atoms with Gasteiger partial charge in [0, 0.05) is 6.20 Å². The molecule has 0 aliphatic rings. The summed E-state index contributed by atoms with van der Waals surface area (Å²) in [6, 6.07) is 10.9. The molecule has 0 bridgehead atoms. The quantitative estimate of drug-likeness (QED) is 0.292. The fraction of sp³-hybridized carbons (Fsp3) is 0.105. The zero-order valence-corrected chi connectivity index (χ0v) is 17.7. The fourth-order valence-electron chi connectivity index (χ4n) is 2.70. The molecule has 0 aliphatic heterocycles. The highest BCUT2D eigenvalue weighted by Crippen LogP contribution is 2.27. The lowest BCUT2D eigenvalue weighted by Crippen LogP contribution is -2.24. The number of allylic oxidation sites excluding steroid dienone is 1. The monoisotopic (exact) mass is 539 g/mol. The molecule has 1 aromatic carbocycles. The Morgan fingerprint density at radius 1 is 1.29 bits per heavy atom. The van der Waals surface area contributed by atoms with E-state index < -0.39 is 18.6 Å². The van der Waals surface area contributed by atoms with E-state index in [1.807, 2.05) is 6.07 Å². The molecule has 0 amide bonds. The highest BCUT2D eigenvalue weighted by atomic mass is 127. The van der Waals surface area contributed by atoms with E-state index in [1.54, 1.807) is 34.7 Å². The van der Waals surface area contributed by atoms with Crippen molar-refractivity contribution in [1.82, 2.24) is 19.3 Å². The number of aromatic nitrogens is 4. The normalized spacial score (nSPS) is 12.9. The lowest BCUT2D eigenvalue weighted by atomic mass is 10.0. The number of benzene rings is 1. The van der Waals surface area contributed by atoms with Gasteiger partial charge in [-0.1, -0.05) is 12.1 Å². The Kier molecular flexibility index (Phi) is 6.54. The molecule has 0 radical (unpaired) electrons. The average Bonchev–Trinajstić information content (AvgIpc) is 3.26. The van der Waals surface area contributed by atoms with Crippen LogP contribution < -0.4 is 5.49 Å². The van der Waals surface area contributed by atoms with Gasteiger partial charge in [0.15, 0.2) is 0 Å². The van der Waals surface area contributed by atoms with E-state index in [4.69, 9.17) is 5.41 Å². The van der Waals surface area contributed by atoms with Crippen molar-refractivity contribution in [3.63, 3.8) is 0 Å². The third kappa shape index (κ3) is 5.18. The Balaban J connectivity index is 2.18. The highest BCUT2D eigenvalue weighted by Gasteiger charge is 2.26. The number of aliphatic hydroxyl groups excluding tert-OH is 1. The van der Waals surface area contributed by atoms with E-state index in [-0.39, 0.29) is 20.3 Å². The molecule has 0 atom stereocenters. The van der Waals surface area contributed by atoms with Gasteiger partial charge in [-0.15, -0.1) is 0 Å². The summed E-state index contributed by atoms with van der Waals surface area (Å²) in [6.07, 6.45) is -0.451. The summed E-state index contributed by atoms with van der Waals surface area (Å²) in [5.41, 5.74) is 0.825. The highest BCUT2D eigenvalue weighted by molar-refractivity contribution is 14.1. The lowest BCUT2D eigenvalue weighted by molar-refractivity contribution is -0.118. The molecule has 0 fully saturated rings. The van der Waals surface area contributed by atoms with Crippen LogP contribution in [0.15, 0.2) is 60.2 Å². The maximum Gasteiger partial charge on any atom is 0.408 e. The second-order valence-corrected chi connectivity index (χ2v) is 7.14. The van der Waals surface area contributed by atoms with Crippen molar-refractivity contribution in [1.29, 1.82) is 10.7 Å². The molecule has 0 saturated carbocycles. The number of hydrogen-bond acceptors (Lipinski definition) is 6. The number of halogens is 4. The van der Waals surface area contributed by atoms with Gasteiger partial charge in [-0.2, -0.15) is 23.5 Å². The van der Waals surface area contributed by atoms with Gasteiger partial charge in [0.1, 0.15) is 34.5 Å². The predicted octanol–water partition coefficient (Wildman–Crippen LogP) is 3.70. The lowest BCUT2D eigenvalue weighted by Gasteiger charge is -2.14. The molecule has 3 rings (SSSR count). The van der Waals surface area contributed by atoms with Gasteiger partial charge in [0.2, 0.25) is 5.88 Å². The second-order valence-electron chi connectivity index (χ2n) is 6.06. The van der Waals surface area contributed by atoms with E-state index in [0.717, 1.165) is 4.57 Å². The summed E-state index contributed by atoms with van der Waals surface area (Å²) in [7, 11) is 0. The van der Waals surface area contributed by atoms with Crippen molar-refractivity contribution in [3.05, 3.63) is 71.9 Å². The first-order valence-corrected chi connectivity index (χ1v) is 9.61. The van der Waals surface area contributed by atoms with Gasteiger partial charge in [-0.05, 0) is 52.4 Å². The van der Waals surface area contributed by atoms with E-state index in [1.165, 1.54) is 47.8 Å². The van der Waals surface area contributed by atoms with Gasteiger partial charge < -0.3 is 5.11 Å². The van der Waals surface area contributed by atoms with Gasteiger partial charge in [0.25, 0.3) is 0 Å². The van der Waals surface area contributed by atoms with Crippen LogP contribution in [0.3, 0.4) is 0 Å². The zero-order valence-electron chi connectivity index (χ0n) is 15.5. The van der Waals surface area contributed by atoms with Crippen molar-refractivity contribution in [2.24, 2.45) is 4.99 Å². The van der Waals surface area contributed by atoms with E-state index in [2.05, 4.69) is 15.1 Å². The Hall–Kier alpha value is -3.47. The van der Waals surface area contributed by atoms with Crippen LogP contribution in [0.2, 0.25) is 0 Å². The Morgan fingerprint density at radius 3 is 2.68 bits per heavy atom. The molecule has 2 N–H and O–H groups in total. The van der Waals surface area contributed by atoms with Gasteiger partial charge in [0.05, 0.1) is 16.8 Å². The molecule has 0 aliphatic carbocycles. The van der Waals surface area contributed by atoms with Crippen molar-refractivity contribution in [3.8, 4) is 11.8 Å². The maximum atomic E-state index is 12.6. The molecule has 3 aromatic rings. The summed E-state index contributed by atoms with van der Waals surface area (Å²) >= 11 is 1.67. The molecule has 31 heavy (non-hydrogen) atoms. The van der Waals surface area contributed by atoms with Crippen LogP contribution in [-0.4, -0.2) is 40.9 Å². The SMILES string of the molecule is N#Cc1cc(C(C(=N)I)=C(O)n2ccccc2=NCC(F)(F)F)ccc1-n1cncn1. The minimum atomic E-state index is -4.51. The molecular formula is C19H13F3IN7O. The number of nitrogens with one attached hydrogen (secondary N) is 1. The van der Waals surface area contributed by atoms with Crippen molar-refractivity contribution in [2.45, 2.75) is 6.18 Å². The second kappa shape index (κ2) is 9.13. The van der Waals surface area contributed by atoms with Gasteiger partial charge in [-0.3, -0.25) is 15.0 Å². The third-order valence-corrected chi connectivity index (χ3v) is 4.54. The Bertz CT molecular complexity index is 1250. The molecule has 12 heteroatoms. The number of alkyl halides is 3. The number of nitriles is 1. The fourth-order valence-corrected chi connectivity index (χ4v) is 3.25. The first kappa shape index (κ1) is 22.2. The largest absolute Gasteiger partial charge is 0.494 e. The predicted molar refractivity (Wildman–Crippen MR) is 114 cm³/mol. The van der Waals surface area contributed by atoms with E-state index in [0.29, 0.717) is 11.3 Å². The first-order valence-electron chi connectivity index (χ1n) is 8.54. The third-order valence-electron chi connectivity index (χ3n) is 4.00. The first-order chi connectivity index (χ1) is 14.7. The van der Waals surface area contributed by atoms with Crippen LogP contribution in [-0.2, 0) is 0 Å². The summed E-state index contributed by atoms with van der Waals surface area (Å²) < 4.78 is 40.2. The van der Waals surface area contributed by atoms with Crippen LogP contribution in [0.5, 0.6) is 0 Å². The van der Waals surface area contributed by atoms with Gasteiger partial charge in [-0.25, -0.2) is 9.67 Å². The molecule has 158 valence electrons. The number of rotatable bonds is 5. The Labute approximate surface area is 187 Å². The summed E-state index contributed by atoms with van der Waals surface area (Å²) in [5, 5.41) is 32.5. The number of hydrogen-bond donors (Lipinski definition) is 2. The Morgan fingerprint density at radius 2 is 2.06 bits per heavy atom. The zero-order chi connectivity index (χ0) is 22.6. The van der Waals surface area contributed by atoms with Crippen LogP contribution >= 0.6 is 22.6 Å². The molecule has 0 saturated heterocycles. The van der Waals surface area contributed by atoms with Gasteiger partial charge >= 0.3 is 6.18 Å². The smallest absolute Gasteiger partial charge is 0.408 e. The molecule has 0 spiro atoms. The number of aliphatic hydroxyl groups is 1. The van der Waals surface area contributed by atoms with Crippen LogP contribution in [0.25, 0.3) is 17.1 Å². The van der Waals surface area contributed by atoms with Crippen molar-refractivity contribution in [2.75, 3.05) is 6.54 Å². The van der Waals surface area contributed by atoms with E-state index >= 15 is 0 Å². The van der Waals surface area contributed by atoms with Crippen LogP contribution in [0.4, 0.5) is 13.2 Å². The number of pyridine rings is 1. The van der Waals surface area contributed by atoms with Crippen molar-refractivity contribution < 1.29 is 18.3 Å². The van der Waals surface area contributed by atoms with Crippen LogP contribution in [0, 0.1) is 16.7 Å². The summed E-state index contributed by atoms with van der Waals surface area (Å²) in [4.78, 5) is 7.35. The molecule has 8 nitrogen and oxygen atoms in total. The molecule has 2 aromatic heterocycles. The maximum absolute atomic E-state index is 12.6. The number of nitrogens with zero attached hydrogens (tertiary/aromatic N) is 6. The molecule has 0 unspecified atom stereocenters. The van der Waals surface area contributed by atoms with Crippen LogP contribution in [0.1, 0.15) is 11.1 Å². The topological polar surface area (TPSA) is 116 Å². The minimum absolute atomic E-state index is 0.0156. The molecule has 2 heterocycles. The minimum Gasteiger partial charge on any atom is -0.494 e. The average molecular weight is 539 g/mol. The van der Waals surface area contributed by atoms with E-state index in [9.17, 15) is 23.5 Å². The summed E-state index contributed by atoms with van der Waals surface area (Å²) in [5.74, 6) is -0.502.